The number of sulfonamides is 1. The van der Waals surface area contributed by atoms with Gasteiger partial charge in [0.25, 0.3) is 0 Å². The van der Waals surface area contributed by atoms with Gasteiger partial charge in [0.05, 0.1) is 5.69 Å². The van der Waals surface area contributed by atoms with E-state index in [1.54, 1.807) is 34.4 Å². The molecule has 1 aliphatic rings. The van der Waals surface area contributed by atoms with E-state index < -0.39 is 10.0 Å². The Morgan fingerprint density at radius 1 is 1.18 bits per heavy atom. The Bertz CT molecular complexity index is 983. The van der Waals surface area contributed by atoms with Crippen molar-refractivity contribution < 1.29 is 18.0 Å². The highest BCUT2D eigenvalue weighted by atomic mass is 32.2. The molecule has 1 aromatic heterocycles. The first-order valence-electron chi connectivity index (χ1n) is 8.93. The molecule has 150 valence electrons. The molecule has 0 radical (unpaired) electrons. The minimum atomic E-state index is -3.68. The molecular formula is C19H23N3O4S2. The Kier molecular flexibility index (Phi) is 6.17. The van der Waals surface area contributed by atoms with Gasteiger partial charge in [0.15, 0.2) is 0 Å². The van der Waals surface area contributed by atoms with Crippen molar-refractivity contribution in [2.45, 2.75) is 30.7 Å². The van der Waals surface area contributed by atoms with Crippen LogP contribution in [0.4, 0.5) is 5.69 Å². The van der Waals surface area contributed by atoms with Gasteiger partial charge in [-0.15, -0.1) is 11.3 Å². The standard InChI is InChI=1S/C19H23N3O4S2/c1-21(2)28(25,26)17-6-4-3-5-15(17)20-18(23)7-8-19(24)22-11-9-16-14(13-22)10-12-27-16/h3-6,10,12H,7-9,11,13H2,1-2H3,(H,20,23). The highest BCUT2D eigenvalue weighted by Gasteiger charge is 2.24. The van der Waals surface area contributed by atoms with E-state index in [2.05, 4.69) is 5.32 Å². The number of thiophene rings is 1. The molecule has 1 aliphatic heterocycles. The van der Waals surface area contributed by atoms with Crippen LogP contribution in [0.2, 0.25) is 0 Å². The fourth-order valence-corrected chi connectivity index (χ4v) is 4.97. The number of benzene rings is 1. The summed E-state index contributed by atoms with van der Waals surface area (Å²) in [4.78, 5) is 27.9. The van der Waals surface area contributed by atoms with Crippen molar-refractivity contribution >= 4 is 38.9 Å². The number of carbonyl (C=O) groups is 2. The lowest BCUT2D eigenvalue weighted by Crippen LogP contribution is -2.35. The number of para-hydroxylation sites is 1. The van der Waals surface area contributed by atoms with Gasteiger partial charge in [0.1, 0.15) is 4.90 Å². The molecule has 2 aromatic rings. The van der Waals surface area contributed by atoms with E-state index in [0.717, 1.165) is 10.7 Å². The quantitative estimate of drug-likeness (QED) is 0.775. The van der Waals surface area contributed by atoms with Crippen LogP contribution < -0.4 is 5.32 Å². The summed E-state index contributed by atoms with van der Waals surface area (Å²) < 4.78 is 25.9. The third-order valence-corrected chi connectivity index (χ3v) is 7.54. The zero-order valence-electron chi connectivity index (χ0n) is 15.8. The molecule has 0 aliphatic carbocycles. The van der Waals surface area contributed by atoms with Crippen molar-refractivity contribution in [3.63, 3.8) is 0 Å². The average molecular weight is 422 g/mol. The number of nitrogens with one attached hydrogen (secondary N) is 1. The van der Waals surface area contributed by atoms with Crippen LogP contribution in [-0.4, -0.2) is 50.1 Å². The minimum absolute atomic E-state index is 0.00216. The van der Waals surface area contributed by atoms with E-state index in [1.165, 1.54) is 30.6 Å². The molecule has 2 amide bonds. The lowest BCUT2D eigenvalue weighted by atomic mass is 10.1. The third kappa shape index (κ3) is 4.43. The van der Waals surface area contributed by atoms with Crippen molar-refractivity contribution in [3.05, 3.63) is 46.2 Å². The van der Waals surface area contributed by atoms with Gasteiger partial charge in [-0.1, -0.05) is 12.1 Å². The van der Waals surface area contributed by atoms with Gasteiger partial charge in [-0.05, 0) is 35.6 Å². The maximum atomic E-state index is 12.4. The monoisotopic (exact) mass is 421 g/mol. The van der Waals surface area contributed by atoms with E-state index in [-0.39, 0.29) is 35.2 Å². The molecular weight excluding hydrogens is 398 g/mol. The van der Waals surface area contributed by atoms with Gasteiger partial charge >= 0.3 is 0 Å². The summed E-state index contributed by atoms with van der Waals surface area (Å²) in [5.74, 6) is -0.454. The summed E-state index contributed by atoms with van der Waals surface area (Å²) in [5.41, 5.74) is 1.39. The molecule has 28 heavy (non-hydrogen) atoms. The fourth-order valence-electron chi connectivity index (χ4n) is 3.04. The molecule has 9 heteroatoms. The van der Waals surface area contributed by atoms with Crippen molar-refractivity contribution in [3.8, 4) is 0 Å². The number of anilines is 1. The number of hydrogen-bond donors (Lipinski definition) is 1. The summed E-state index contributed by atoms with van der Waals surface area (Å²) >= 11 is 1.71. The molecule has 0 saturated carbocycles. The maximum absolute atomic E-state index is 12.4. The largest absolute Gasteiger partial charge is 0.338 e. The number of carbonyl (C=O) groups excluding carboxylic acids is 2. The van der Waals surface area contributed by atoms with Crippen LogP contribution in [-0.2, 0) is 32.6 Å². The Balaban J connectivity index is 1.59. The van der Waals surface area contributed by atoms with E-state index >= 15 is 0 Å². The molecule has 0 unspecified atom stereocenters. The molecule has 2 heterocycles. The van der Waals surface area contributed by atoms with Crippen molar-refractivity contribution in [1.82, 2.24) is 9.21 Å². The number of hydrogen-bond acceptors (Lipinski definition) is 5. The predicted octanol–water partition coefficient (Wildman–Crippen LogP) is 2.30. The molecule has 0 saturated heterocycles. The summed E-state index contributed by atoms with van der Waals surface area (Å²) in [6.45, 7) is 1.25. The van der Waals surface area contributed by atoms with Crippen LogP contribution in [0.1, 0.15) is 23.3 Å². The first kappa shape index (κ1) is 20.5. The zero-order chi connectivity index (χ0) is 20.3. The van der Waals surface area contributed by atoms with Gasteiger partial charge in [0, 0.05) is 44.9 Å². The molecule has 1 aromatic carbocycles. The van der Waals surface area contributed by atoms with Crippen LogP contribution in [0, 0.1) is 0 Å². The lowest BCUT2D eigenvalue weighted by molar-refractivity contribution is -0.133. The number of amides is 2. The van der Waals surface area contributed by atoms with Gasteiger partial charge in [-0.25, -0.2) is 12.7 Å². The van der Waals surface area contributed by atoms with Crippen molar-refractivity contribution in [1.29, 1.82) is 0 Å². The smallest absolute Gasteiger partial charge is 0.244 e. The van der Waals surface area contributed by atoms with Crippen LogP contribution >= 0.6 is 11.3 Å². The normalized spacial score (nSPS) is 14.0. The second-order valence-corrected chi connectivity index (χ2v) is 9.89. The van der Waals surface area contributed by atoms with Crippen molar-refractivity contribution in [2.75, 3.05) is 26.0 Å². The Labute approximate surface area is 169 Å². The van der Waals surface area contributed by atoms with Crippen LogP contribution in [0.15, 0.2) is 40.6 Å². The zero-order valence-corrected chi connectivity index (χ0v) is 17.5. The fraction of sp³-hybridized carbons (Fsp3) is 0.368. The topological polar surface area (TPSA) is 86.8 Å². The lowest BCUT2D eigenvalue weighted by Gasteiger charge is -2.27. The molecule has 0 atom stereocenters. The van der Waals surface area contributed by atoms with Gasteiger partial charge in [-0.3, -0.25) is 9.59 Å². The Morgan fingerprint density at radius 3 is 2.68 bits per heavy atom. The molecule has 3 rings (SSSR count). The predicted molar refractivity (Wildman–Crippen MR) is 109 cm³/mol. The van der Waals surface area contributed by atoms with Crippen LogP contribution in [0.25, 0.3) is 0 Å². The first-order valence-corrected chi connectivity index (χ1v) is 11.3. The first-order chi connectivity index (χ1) is 13.3. The SMILES string of the molecule is CN(C)S(=O)(=O)c1ccccc1NC(=O)CCC(=O)N1CCc2sccc2C1. The van der Waals surface area contributed by atoms with E-state index in [0.29, 0.717) is 13.1 Å². The third-order valence-electron chi connectivity index (χ3n) is 4.65. The Hall–Kier alpha value is -2.23. The van der Waals surface area contributed by atoms with Gasteiger partial charge in [-0.2, -0.15) is 0 Å². The Morgan fingerprint density at radius 2 is 1.93 bits per heavy atom. The number of fused-ring (bicyclic) bond motifs is 1. The molecule has 0 bridgehead atoms. The second kappa shape index (κ2) is 8.42. The van der Waals surface area contributed by atoms with E-state index in [1.807, 2.05) is 11.4 Å². The number of nitrogens with zero attached hydrogens (tertiary/aromatic N) is 2. The minimum Gasteiger partial charge on any atom is -0.338 e. The van der Waals surface area contributed by atoms with E-state index in [4.69, 9.17) is 0 Å². The van der Waals surface area contributed by atoms with Crippen LogP contribution in [0.3, 0.4) is 0 Å². The van der Waals surface area contributed by atoms with Crippen LogP contribution in [0.5, 0.6) is 0 Å². The maximum Gasteiger partial charge on any atom is 0.244 e. The molecule has 0 spiro atoms. The molecule has 1 N–H and O–H groups in total. The number of rotatable bonds is 6. The highest BCUT2D eigenvalue weighted by molar-refractivity contribution is 7.89. The van der Waals surface area contributed by atoms with Crippen molar-refractivity contribution in [2.24, 2.45) is 0 Å². The second-order valence-electron chi connectivity index (χ2n) is 6.77. The van der Waals surface area contributed by atoms with Gasteiger partial charge < -0.3 is 10.2 Å². The summed E-state index contributed by atoms with van der Waals surface area (Å²) in [7, 11) is -0.811. The van der Waals surface area contributed by atoms with E-state index in [9.17, 15) is 18.0 Å². The summed E-state index contributed by atoms with van der Waals surface area (Å²) in [6, 6.07) is 8.28. The summed E-state index contributed by atoms with van der Waals surface area (Å²) in [5, 5.41) is 4.66. The molecule has 0 fully saturated rings. The summed E-state index contributed by atoms with van der Waals surface area (Å²) in [6.07, 6.45) is 0.941. The highest BCUT2D eigenvalue weighted by Crippen LogP contribution is 2.25. The average Bonchev–Trinajstić information content (AvgIpc) is 3.14. The molecule has 7 nitrogen and oxygen atoms in total. The van der Waals surface area contributed by atoms with Gasteiger partial charge in [0.2, 0.25) is 21.8 Å².